The first-order valence-electron chi connectivity index (χ1n) is 7.34. The Kier molecular flexibility index (Phi) is 5.77. The number of pyridine rings is 1. The van der Waals surface area contributed by atoms with E-state index < -0.39 is 0 Å². The van der Waals surface area contributed by atoms with Crippen molar-refractivity contribution in [1.82, 2.24) is 4.98 Å². The summed E-state index contributed by atoms with van der Waals surface area (Å²) in [6.07, 6.45) is 3.08. The lowest BCUT2D eigenvalue weighted by Crippen LogP contribution is -2.11. The molecule has 2 aromatic rings. The number of hydrogen-bond acceptors (Lipinski definition) is 4. The summed E-state index contributed by atoms with van der Waals surface area (Å²) in [5.74, 6) is 1.41. The molecule has 1 amide bonds. The van der Waals surface area contributed by atoms with E-state index in [1.807, 2.05) is 25.1 Å². The molecule has 0 saturated carbocycles. The van der Waals surface area contributed by atoms with Gasteiger partial charge in [-0.1, -0.05) is 19.1 Å². The summed E-state index contributed by atoms with van der Waals surface area (Å²) in [5.41, 5.74) is 2.18. The van der Waals surface area contributed by atoms with Gasteiger partial charge in [0.25, 0.3) is 0 Å². The fraction of sp³-hybridized carbons (Fsp3) is 0.294. The first kappa shape index (κ1) is 15.8. The van der Waals surface area contributed by atoms with E-state index in [-0.39, 0.29) is 5.91 Å². The maximum atomic E-state index is 11.3. The zero-order valence-corrected chi connectivity index (χ0v) is 12.9. The van der Waals surface area contributed by atoms with Gasteiger partial charge in [0.05, 0.1) is 19.0 Å². The molecule has 1 heterocycles. The van der Waals surface area contributed by atoms with Gasteiger partial charge >= 0.3 is 0 Å². The average molecular weight is 299 g/mol. The highest BCUT2D eigenvalue weighted by Crippen LogP contribution is 2.13. The van der Waals surface area contributed by atoms with Crippen molar-refractivity contribution in [1.29, 1.82) is 0 Å². The average Bonchev–Trinajstić information content (AvgIpc) is 2.57. The molecule has 1 aromatic heterocycles. The highest BCUT2D eigenvalue weighted by Gasteiger charge is 2.00. The lowest BCUT2D eigenvalue weighted by atomic mass is 10.1. The van der Waals surface area contributed by atoms with Crippen molar-refractivity contribution in [2.45, 2.75) is 19.8 Å². The summed E-state index contributed by atoms with van der Waals surface area (Å²) in [7, 11) is 1.66. The van der Waals surface area contributed by atoms with Gasteiger partial charge in [-0.15, -0.1) is 0 Å². The van der Waals surface area contributed by atoms with Crippen molar-refractivity contribution >= 4 is 17.4 Å². The molecule has 0 spiro atoms. The maximum Gasteiger partial charge on any atom is 0.225 e. The Morgan fingerprint density at radius 3 is 2.55 bits per heavy atom. The van der Waals surface area contributed by atoms with E-state index in [2.05, 4.69) is 27.8 Å². The number of carbonyl (C=O) groups is 1. The number of methoxy groups -OCH3 is 1. The standard InChI is InChI=1S/C17H21N3O2/c1-3-17(21)20-16-9-6-14(12-19-16)18-11-10-13-4-7-15(22-2)8-5-13/h4-9,12,18H,3,10-11H2,1-2H3,(H,19,20,21). The van der Waals surface area contributed by atoms with Crippen LogP contribution in [0.4, 0.5) is 11.5 Å². The summed E-state index contributed by atoms with van der Waals surface area (Å²) in [4.78, 5) is 15.5. The minimum Gasteiger partial charge on any atom is -0.497 e. The number of nitrogens with zero attached hydrogens (tertiary/aromatic N) is 1. The van der Waals surface area contributed by atoms with E-state index in [9.17, 15) is 4.79 Å². The SMILES string of the molecule is CCC(=O)Nc1ccc(NCCc2ccc(OC)cc2)cn1. The van der Waals surface area contributed by atoms with Gasteiger partial charge in [0.1, 0.15) is 11.6 Å². The molecule has 5 heteroatoms. The quantitative estimate of drug-likeness (QED) is 0.824. The molecule has 0 fully saturated rings. The van der Waals surface area contributed by atoms with Gasteiger partial charge in [-0.05, 0) is 36.2 Å². The topological polar surface area (TPSA) is 63.2 Å². The molecule has 0 aliphatic rings. The molecular formula is C17H21N3O2. The van der Waals surface area contributed by atoms with E-state index in [1.54, 1.807) is 19.4 Å². The van der Waals surface area contributed by atoms with Gasteiger partial charge in [0, 0.05) is 13.0 Å². The highest BCUT2D eigenvalue weighted by molar-refractivity contribution is 5.89. The van der Waals surface area contributed by atoms with Gasteiger partial charge in [-0.3, -0.25) is 4.79 Å². The molecule has 0 aliphatic carbocycles. The van der Waals surface area contributed by atoms with Gasteiger partial charge in [0.15, 0.2) is 0 Å². The second-order valence-corrected chi connectivity index (χ2v) is 4.86. The van der Waals surface area contributed by atoms with E-state index in [1.165, 1.54) is 5.56 Å². The first-order chi connectivity index (χ1) is 10.7. The third kappa shape index (κ3) is 4.77. The molecule has 116 valence electrons. The van der Waals surface area contributed by atoms with Crippen LogP contribution in [-0.4, -0.2) is 24.5 Å². The van der Waals surface area contributed by atoms with E-state index in [0.717, 1.165) is 24.4 Å². The minimum atomic E-state index is -0.0345. The molecule has 5 nitrogen and oxygen atoms in total. The Labute approximate surface area is 130 Å². The number of aromatic nitrogens is 1. The van der Waals surface area contributed by atoms with Crippen molar-refractivity contribution < 1.29 is 9.53 Å². The van der Waals surface area contributed by atoms with Crippen LogP contribution in [0.1, 0.15) is 18.9 Å². The molecule has 0 unspecified atom stereocenters. The second-order valence-electron chi connectivity index (χ2n) is 4.86. The molecule has 22 heavy (non-hydrogen) atoms. The van der Waals surface area contributed by atoms with Gasteiger partial charge in [-0.2, -0.15) is 0 Å². The van der Waals surface area contributed by atoms with Crippen LogP contribution in [0, 0.1) is 0 Å². The zero-order chi connectivity index (χ0) is 15.8. The summed E-state index contributed by atoms with van der Waals surface area (Å²) >= 11 is 0. The lowest BCUT2D eigenvalue weighted by molar-refractivity contribution is -0.115. The number of ether oxygens (including phenoxy) is 1. The smallest absolute Gasteiger partial charge is 0.225 e. The largest absolute Gasteiger partial charge is 0.497 e. The minimum absolute atomic E-state index is 0.0345. The number of anilines is 2. The van der Waals surface area contributed by atoms with Crippen molar-refractivity contribution in [2.24, 2.45) is 0 Å². The van der Waals surface area contributed by atoms with Crippen molar-refractivity contribution in [3.8, 4) is 5.75 Å². The third-order valence-electron chi connectivity index (χ3n) is 3.25. The Morgan fingerprint density at radius 1 is 1.18 bits per heavy atom. The van der Waals surface area contributed by atoms with Gasteiger partial charge in [-0.25, -0.2) is 4.98 Å². The van der Waals surface area contributed by atoms with Crippen LogP contribution < -0.4 is 15.4 Å². The monoisotopic (exact) mass is 299 g/mol. The van der Waals surface area contributed by atoms with Crippen LogP contribution in [0.25, 0.3) is 0 Å². The Hall–Kier alpha value is -2.56. The van der Waals surface area contributed by atoms with Crippen LogP contribution in [-0.2, 0) is 11.2 Å². The highest BCUT2D eigenvalue weighted by atomic mass is 16.5. The molecule has 0 saturated heterocycles. The van der Waals surface area contributed by atoms with Crippen molar-refractivity contribution in [3.05, 3.63) is 48.2 Å². The molecule has 2 rings (SSSR count). The van der Waals surface area contributed by atoms with Gasteiger partial charge < -0.3 is 15.4 Å². The Morgan fingerprint density at radius 2 is 1.95 bits per heavy atom. The lowest BCUT2D eigenvalue weighted by Gasteiger charge is -2.08. The molecule has 0 aliphatic heterocycles. The molecule has 2 N–H and O–H groups in total. The predicted molar refractivity (Wildman–Crippen MR) is 88.3 cm³/mol. The molecule has 0 bridgehead atoms. The van der Waals surface area contributed by atoms with Crippen LogP contribution in [0.2, 0.25) is 0 Å². The van der Waals surface area contributed by atoms with E-state index in [0.29, 0.717) is 12.2 Å². The molecular weight excluding hydrogens is 278 g/mol. The van der Waals surface area contributed by atoms with E-state index >= 15 is 0 Å². The summed E-state index contributed by atoms with van der Waals surface area (Å²) < 4.78 is 5.14. The normalized spacial score (nSPS) is 10.1. The Balaban J connectivity index is 1.80. The van der Waals surface area contributed by atoms with Crippen LogP contribution in [0.15, 0.2) is 42.6 Å². The number of hydrogen-bond donors (Lipinski definition) is 2. The molecule has 1 aromatic carbocycles. The Bertz CT molecular complexity index is 594. The number of benzene rings is 1. The molecule has 0 atom stereocenters. The number of carbonyl (C=O) groups excluding carboxylic acids is 1. The fourth-order valence-electron chi connectivity index (χ4n) is 1.95. The number of rotatable bonds is 7. The maximum absolute atomic E-state index is 11.3. The zero-order valence-electron chi connectivity index (χ0n) is 12.9. The van der Waals surface area contributed by atoms with Crippen LogP contribution in [0.5, 0.6) is 5.75 Å². The summed E-state index contributed by atoms with van der Waals surface area (Å²) in [6, 6.07) is 11.7. The third-order valence-corrected chi connectivity index (χ3v) is 3.25. The molecule has 0 radical (unpaired) electrons. The predicted octanol–water partition coefficient (Wildman–Crippen LogP) is 3.09. The summed E-state index contributed by atoms with van der Waals surface area (Å²) in [5, 5.41) is 6.03. The van der Waals surface area contributed by atoms with Crippen molar-refractivity contribution in [3.63, 3.8) is 0 Å². The second kappa shape index (κ2) is 8.02. The van der Waals surface area contributed by atoms with Crippen LogP contribution in [0.3, 0.4) is 0 Å². The number of amides is 1. The van der Waals surface area contributed by atoms with Gasteiger partial charge in [0.2, 0.25) is 5.91 Å². The first-order valence-corrected chi connectivity index (χ1v) is 7.34. The number of nitrogens with one attached hydrogen (secondary N) is 2. The van der Waals surface area contributed by atoms with Crippen LogP contribution >= 0.6 is 0 Å². The fourth-order valence-corrected chi connectivity index (χ4v) is 1.95. The van der Waals surface area contributed by atoms with E-state index in [4.69, 9.17) is 4.74 Å². The summed E-state index contributed by atoms with van der Waals surface area (Å²) in [6.45, 7) is 2.62. The van der Waals surface area contributed by atoms with Crippen molar-refractivity contribution in [2.75, 3.05) is 24.3 Å².